The molecule has 0 spiro atoms. The van der Waals surface area contributed by atoms with Crippen LogP contribution in [-0.2, 0) is 4.43 Å². The van der Waals surface area contributed by atoms with Crippen LogP contribution in [0.25, 0.3) is 0 Å². The highest BCUT2D eigenvalue weighted by Crippen LogP contribution is 1.38. The van der Waals surface area contributed by atoms with Gasteiger partial charge in [0.2, 0.25) is 10.5 Å². The molecular weight excluding hydrogens is 68.1 g/mol. The van der Waals surface area contributed by atoms with Crippen molar-refractivity contribution in [2.75, 3.05) is 0 Å². The van der Waals surface area contributed by atoms with Crippen LogP contribution in [0, 0.1) is 12.5 Å². The molecule has 0 aromatic heterocycles. The van der Waals surface area contributed by atoms with Gasteiger partial charge in [-0.3, -0.25) is 0 Å². The molecule has 0 bridgehead atoms. The van der Waals surface area contributed by atoms with E-state index in [2.05, 4.69) is 10.8 Å². The summed E-state index contributed by atoms with van der Waals surface area (Å²) in [7, 11) is 0.654. The largest absolute Gasteiger partial charge is 0.513 e. The lowest BCUT2D eigenvalue weighted by Crippen LogP contribution is -1.60. The standard InChI is InChI=1S/C2H4OSi/c1-2-3-4/h1H,4H3. The minimum Gasteiger partial charge on any atom is -0.513 e. The van der Waals surface area contributed by atoms with Gasteiger partial charge in [0.15, 0.2) is 0 Å². The Bertz CT molecular complexity index is 35.8. The Morgan fingerprint density at radius 3 is 2.25 bits per heavy atom. The zero-order valence-corrected chi connectivity index (χ0v) is 4.49. The molecule has 0 aromatic carbocycles. The molecule has 0 N–H and O–H groups in total. The van der Waals surface area contributed by atoms with E-state index in [1.165, 1.54) is 0 Å². The third-order valence-electron chi connectivity index (χ3n) is 0.118. The lowest BCUT2D eigenvalue weighted by Gasteiger charge is -1.68. The van der Waals surface area contributed by atoms with Gasteiger partial charge in [0, 0.05) is 0 Å². The normalized spacial score (nSPS) is 4.75. The van der Waals surface area contributed by atoms with Gasteiger partial charge in [0.05, 0.1) is 6.11 Å². The summed E-state index contributed by atoms with van der Waals surface area (Å²) in [5, 5.41) is 0. The van der Waals surface area contributed by atoms with E-state index in [1.807, 2.05) is 6.11 Å². The lowest BCUT2D eigenvalue weighted by molar-refractivity contribution is 0.580. The summed E-state index contributed by atoms with van der Waals surface area (Å²) in [6.07, 6.45) is 6.58. The number of hydrogen-bond acceptors (Lipinski definition) is 1. The van der Waals surface area contributed by atoms with Crippen molar-refractivity contribution in [1.82, 2.24) is 0 Å². The van der Waals surface area contributed by atoms with Crippen molar-refractivity contribution in [1.29, 1.82) is 0 Å². The van der Waals surface area contributed by atoms with Crippen LogP contribution in [0.15, 0.2) is 0 Å². The van der Waals surface area contributed by atoms with Gasteiger partial charge in [0.25, 0.3) is 0 Å². The first kappa shape index (κ1) is 3.58. The molecule has 0 fully saturated rings. The summed E-state index contributed by atoms with van der Waals surface area (Å²) < 4.78 is 4.21. The van der Waals surface area contributed by atoms with Gasteiger partial charge in [0.1, 0.15) is 0 Å². The fourth-order valence-corrected chi connectivity index (χ4v) is 0. The van der Waals surface area contributed by atoms with Crippen LogP contribution < -0.4 is 0 Å². The molecule has 2 heteroatoms. The van der Waals surface area contributed by atoms with E-state index in [-0.39, 0.29) is 0 Å². The molecule has 0 rings (SSSR count). The Morgan fingerprint density at radius 2 is 2.25 bits per heavy atom. The maximum absolute atomic E-state index is 4.59. The SMILES string of the molecule is C#CO[SiH3]. The van der Waals surface area contributed by atoms with E-state index in [4.69, 9.17) is 0 Å². The minimum absolute atomic E-state index is 0.654. The Kier molecular flexibility index (Phi) is 2.30. The van der Waals surface area contributed by atoms with Crippen LogP contribution in [-0.4, -0.2) is 10.5 Å². The number of hydrogen-bond donors (Lipinski definition) is 0. The number of terminal acetylenes is 1. The Hall–Kier alpha value is -0.423. The fourth-order valence-electron chi connectivity index (χ4n) is 0. The van der Waals surface area contributed by atoms with Gasteiger partial charge in [-0.2, -0.15) is 0 Å². The molecule has 0 unspecified atom stereocenters. The minimum atomic E-state index is 0.654. The monoisotopic (exact) mass is 72.0 g/mol. The van der Waals surface area contributed by atoms with Crippen LogP contribution in [0.3, 0.4) is 0 Å². The van der Waals surface area contributed by atoms with Crippen molar-refractivity contribution in [2.24, 2.45) is 0 Å². The van der Waals surface area contributed by atoms with Crippen LogP contribution in [0.5, 0.6) is 0 Å². The van der Waals surface area contributed by atoms with E-state index >= 15 is 0 Å². The zero-order valence-electron chi connectivity index (χ0n) is 2.49. The third-order valence-corrected chi connectivity index (χ3v) is 0.354. The summed E-state index contributed by atoms with van der Waals surface area (Å²) in [6, 6.07) is 0. The fraction of sp³-hybridized carbons (Fsp3) is 0. The second kappa shape index (κ2) is 2.58. The molecule has 0 aliphatic carbocycles. The van der Waals surface area contributed by atoms with Gasteiger partial charge in [-0.05, 0) is 0 Å². The number of rotatable bonds is 0. The highest BCUT2D eigenvalue weighted by atomic mass is 28.2. The van der Waals surface area contributed by atoms with E-state index in [0.29, 0.717) is 10.5 Å². The zero-order chi connectivity index (χ0) is 3.41. The molecule has 22 valence electrons. The first-order chi connectivity index (χ1) is 1.91. The van der Waals surface area contributed by atoms with Gasteiger partial charge >= 0.3 is 0 Å². The van der Waals surface area contributed by atoms with Gasteiger partial charge < -0.3 is 4.43 Å². The molecule has 0 radical (unpaired) electrons. The predicted octanol–water partition coefficient (Wildman–Crippen LogP) is -1.13. The highest BCUT2D eigenvalue weighted by Gasteiger charge is 1.35. The highest BCUT2D eigenvalue weighted by molar-refractivity contribution is 5.98. The average molecular weight is 72.1 g/mol. The topological polar surface area (TPSA) is 9.23 Å². The summed E-state index contributed by atoms with van der Waals surface area (Å²) in [6.45, 7) is 0. The first-order valence-corrected chi connectivity index (χ1v) is 1.72. The molecular formula is C2H4OSi. The summed E-state index contributed by atoms with van der Waals surface area (Å²) in [5.74, 6) is 0. The van der Waals surface area contributed by atoms with Crippen molar-refractivity contribution >= 4 is 10.5 Å². The molecule has 1 nitrogen and oxygen atoms in total. The lowest BCUT2D eigenvalue weighted by atomic mass is 11.3. The van der Waals surface area contributed by atoms with Gasteiger partial charge in [-0.25, -0.2) is 0 Å². The van der Waals surface area contributed by atoms with Crippen LogP contribution in [0.2, 0.25) is 0 Å². The Balaban J connectivity index is 2.43. The summed E-state index contributed by atoms with van der Waals surface area (Å²) >= 11 is 0. The second-order valence-corrected chi connectivity index (χ2v) is 0.730. The molecule has 0 heterocycles. The summed E-state index contributed by atoms with van der Waals surface area (Å²) in [5.41, 5.74) is 0. The van der Waals surface area contributed by atoms with Crippen molar-refractivity contribution < 1.29 is 4.43 Å². The van der Waals surface area contributed by atoms with Crippen LogP contribution in [0.4, 0.5) is 0 Å². The van der Waals surface area contributed by atoms with Gasteiger partial charge in [-0.15, -0.1) is 0 Å². The smallest absolute Gasteiger partial charge is 0.219 e. The molecule has 0 aliphatic rings. The van der Waals surface area contributed by atoms with Crippen molar-refractivity contribution in [3.63, 3.8) is 0 Å². The molecule has 4 heavy (non-hydrogen) atoms. The van der Waals surface area contributed by atoms with E-state index in [1.54, 1.807) is 0 Å². The van der Waals surface area contributed by atoms with Crippen LogP contribution in [0.1, 0.15) is 0 Å². The Labute approximate surface area is 28.5 Å². The van der Waals surface area contributed by atoms with Crippen molar-refractivity contribution in [2.45, 2.75) is 0 Å². The average Bonchev–Trinajstić information content (AvgIpc) is 1.37. The second-order valence-electron chi connectivity index (χ2n) is 0.322. The molecule has 0 aliphatic heterocycles. The molecule has 0 atom stereocenters. The quantitative estimate of drug-likeness (QED) is 0.260. The molecule has 0 amide bonds. The van der Waals surface area contributed by atoms with E-state index < -0.39 is 0 Å². The maximum atomic E-state index is 4.59. The van der Waals surface area contributed by atoms with E-state index in [0.717, 1.165) is 0 Å². The summed E-state index contributed by atoms with van der Waals surface area (Å²) in [4.78, 5) is 0. The Morgan fingerprint density at radius 1 is 2.00 bits per heavy atom. The maximum Gasteiger partial charge on any atom is 0.219 e. The molecule has 0 saturated carbocycles. The predicted molar refractivity (Wildman–Crippen MR) is 19.9 cm³/mol. The van der Waals surface area contributed by atoms with E-state index in [9.17, 15) is 0 Å². The molecule has 0 aromatic rings. The first-order valence-electron chi connectivity index (χ1n) is 0.901. The van der Waals surface area contributed by atoms with Crippen LogP contribution >= 0.6 is 0 Å². The van der Waals surface area contributed by atoms with Gasteiger partial charge in [-0.1, -0.05) is 6.42 Å². The molecule has 0 saturated heterocycles. The third kappa shape index (κ3) is 1.58. The van der Waals surface area contributed by atoms with Crippen molar-refractivity contribution in [3.8, 4) is 12.5 Å². The van der Waals surface area contributed by atoms with Crippen molar-refractivity contribution in [3.05, 3.63) is 0 Å².